The lowest BCUT2D eigenvalue weighted by Gasteiger charge is -2.16. The van der Waals surface area contributed by atoms with Crippen LogP contribution in [0.3, 0.4) is 0 Å². The molecule has 0 aliphatic heterocycles. The van der Waals surface area contributed by atoms with E-state index < -0.39 is 0 Å². The number of nitrogens with two attached hydrogens (primary N) is 2. The van der Waals surface area contributed by atoms with Gasteiger partial charge in [-0.15, -0.1) is 0 Å². The van der Waals surface area contributed by atoms with Crippen molar-refractivity contribution in [2.45, 2.75) is 0 Å². The SMILES string of the molecule is CON(N)c1ccc(-c2ccc(N(N)OC)cc2)cc1. The third kappa shape index (κ3) is 3.06. The standard InChI is InChI=1S/C14H18N4O2/c1-19-17(15)13-7-3-11(4-8-13)12-5-9-14(10-6-12)18(16)20-2/h3-10H,15-16H2,1-2H3. The van der Waals surface area contributed by atoms with Gasteiger partial charge in [-0.2, -0.15) is 10.3 Å². The minimum atomic E-state index is 0.778. The second-order valence-electron chi connectivity index (χ2n) is 4.11. The Hall–Kier alpha value is -2.12. The Bertz CT molecular complexity index is 491. The highest BCUT2D eigenvalue weighted by molar-refractivity contribution is 5.68. The van der Waals surface area contributed by atoms with Crippen LogP contribution >= 0.6 is 0 Å². The number of hydrazine groups is 2. The molecule has 6 nitrogen and oxygen atoms in total. The minimum absolute atomic E-state index is 0.778. The molecule has 2 rings (SSSR count). The number of hydrogen-bond donors (Lipinski definition) is 2. The van der Waals surface area contributed by atoms with E-state index in [1.807, 2.05) is 48.5 Å². The van der Waals surface area contributed by atoms with Crippen LogP contribution in [-0.4, -0.2) is 14.2 Å². The summed E-state index contributed by atoms with van der Waals surface area (Å²) in [6.45, 7) is 0. The summed E-state index contributed by atoms with van der Waals surface area (Å²) in [6, 6.07) is 15.4. The molecule has 0 radical (unpaired) electrons. The second kappa shape index (κ2) is 6.36. The number of nitrogens with zero attached hydrogens (tertiary/aromatic N) is 2. The van der Waals surface area contributed by atoms with E-state index in [1.165, 1.54) is 24.6 Å². The molecule has 0 amide bonds. The first-order valence-corrected chi connectivity index (χ1v) is 6.04. The molecule has 20 heavy (non-hydrogen) atoms. The predicted octanol–water partition coefficient (Wildman–Crippen LogP) is 1.84. The lowest BCUT2D eigenvalue weighted by molar-refractivity contribution is 0.168. The van der Waals surface area contributed by atoms with Gasteiger partial charge >= 0.3 is 0 Å². The van der Waals surface area contributed by atoms with Gasteiger partial charge in [-0.05, 0) is 35.4 Å². The van der Waals surface area contributed by atoms with Crippen LogP contribution in [0.2, 0.25) is 0 Å². The van der Waals surface area contributed by atoms with Gasteiger partial charge < -0.3 is 0 Å². The molecular formula is C14H18N4O2. The summed E-state index contributed by atoms with van der Waals surface area (Å²) in [7, 11) is 3.03. The molecule has 0 fully saturated rings. The van der Waals surface area contributed by atoms with E-state index >= 15 is 0 Å². The van der Waals surface area contributed by atoms with Gasteiger partial charge in [0.25, 0.3) is 0 Å². The number of benzene rings is 2. The highest BCUT2D eigenvalue weighted by Gasteiger charge is 2.03. The summed E-state index contributed by atoms with van der Waals surface area (Å²) >= 11 is 0. The Labute approximate surface area is 117 Å². The summed E-state index contributed by atoms with van der Waals surface area (Å²) in [4.78, 5) is 9.83. The fourth-order valence-electron chi connectivity index (χ4n) is 1.81. The van der Waals surface area contributed by atoms with Crippen LogP contribution in [0.1, 0.15) is 0 Å². The largest absolute Gasteiger partial charge is 0.261 e. The molecule has 0 aliphatic carbocycles. The smallest absolute Gasteiger partial charge is 0.0820 e. The van der Waals surface area contributed by atoms with Gasteiger partial charge in [0.05, 0.1) is 25.6 Å². The lowest BCUT2D eigenvalue weighted by Crippen LogP contribution is -2.29. The van der Waals surface area contributed by atoms with Crippen LogP contribution in [0.15, 0.2) is 48.5 Å². The van der Waals surface area contributed by atoms with E-state index in [-0.39, 0.29) is 0 Å². The predicted molar refractivity (Wildman–Crippen MR) is 79.2 cm³/mol. The zero-order chi connectivity index (χ0) is 14.5. The average molecular weight is 274 g/mol. The summed E-state index contributed by atoms with van der Waals surface area (Å²) in [5.41, 5.74) is 3.71. The molecule has 2 aromatic carbocycles. The van der Waals surface area contributed by atoms with Crippen molar-refractivity contribution in [1.82, 2.24) is 0 Å². The average Bonchev–Trinajstić information content (AvgIpc) is 2.53. The summed E-state index contributed by atoms with van der Waals surface area (Å²) in [6.07, 6.45) is 0. The Kier molecular flexibility index (Phi) is 4.54. The number of rotatable bonds is 5. The van der Waals surface area contributed by atoms with E-state index in [2.05, 4.69) is 0 Å². The molecule has 0 saturated heterocycles. The minimum Gasteiger partial charge on any atom is -0.261 e. The van der Waals surface area contributed by atoms with E-state index in [9.17, 15) is 0 Å². The maximum absolute atomic E-state index is 5.63. The Morgan fingerprint density at radius 3 is 1.20 bits per heavy atom. The van der Waals surface area contributed by atoms with Crippen LogP contribution in [0.5, 0.6) is 0 Å². The number of hydrogen-bond acceptors (Lipinski definition) is 6. The first-order chi connectivity index (χ1) is 9.65. The van der Waals surface area contributed by atoms with Gasteiger partial charge in [0.1, 0.15) is 0 Å². The van der Waals surface area contributed by atoms with Crippen molar-refractivity contribution in [3.63, 3.8) is 0 Å². The van der Waals surface area contributed by atoms with Crippen LogP contribution in [0.25, 0.3) is 11.1 Å². The molecule has 0 aromatic heterocycles. The zero-order valence-electron chi connectivity index (χ0n) is 11.5. The summed E-state index contributed by atoms with van der Waals surface area (Å²) in [5.74, 6) is 11.3. The molecule has 0 spiro atoms. The first-order valence-electron chi connectivity index (χ1n) is 6.04. The van der Waals surface area contributed by atoms with Crippen LogP contribution in [-0.2, 0) is 9.68 Å². The maximum atomic E-state index is 5.63. The van der Waals surface area contributed by atoms with Crippen LogP contribution in [0, 0.1) is 0 Å². The molecule has 6 heteroatoms. The van der Waals surface area contributed by atoms with Gasteiger partial charge in [0, 0.05) is 0 Å². The monoisotopic (exact) mass is 274 g/mol. The van der Waals surface area contributed by atoms with Crippen LogP contribution < -0.4 is 22.0 Å². The molecule has 0 unspecified atom stereocenters. The molecule has 2 aromatic rings. The van der Waals surface area contributed by atoms with Crippen molar-refractivity contribution >= 4 is 11.4 Å². The van der Waals surface area contributed by atoms with Gasteiger partial charge in [-0.3, -0.25) is 9.68 Å². The number of anilines is 2. The molecule has 4 N–H and O–H groups in total. The van der Waals surface area contributed by atoms with E-state index in [1.54, 1.807) is 0 Å². The van der Waals surface area contributed by atoms with Gasteiger partial charge in [0.2, 0.25) is 0 Å². The van der Waals surface area contributed by atoms with Gasteiger partial charge in [0.15, 0.2) is 0 Å². The Morgan fingerprint density at radius 2 is 0.950 bits per heavy atom. The third-order valence-corrected chi connectivity index (χ3v) is 2.97. The van der Waals surface area contributed by atoms with Crippen molar-refractivity contribution in [3.8, 4) is 11.1 Å². The Balaban J connectivity index is 2.19. The van der Waals surface area contributed by atoms with Gasteiger partial charge in [-0.1, -0.05) is 24.3 Å². The summed E-state index contributed by atoms with van der Waals surface area (Å²) in [5, 5.41) is 2.41. The molecule has 0 heterocycles. The topological polar surface area (TPSA) is 77.0 Å². The third-order valence-electron chi connectivity index (χ3n) is 2.97. The molecule has 0 bridgehead atoms. The molecule has 0 atom stereocenters. The van der Waals surface area contributed by atoms with Crippen molar-refractivity contribution in [2.24, 2.45) is 11.7 Å². The van der Waals surface area contributed by atoms with E-state index in [0.717, 1.165) is 22.5 Å². The van der Waals surface area contributed by atoms with Crippen LogP contribution in [0.4, 0.5) is 11.4 Å². The summed E-state index contributed by atoms with van der Waals surface area (Å²) < 4.78 is 0. The van der Waals surface area contributed by atoms with Crippen molar-refractivity contribution in [2.75, 3.05) is 24.6 Å². The lowest BCUT2D eigenvalue weighted by atomic mass is 10.1. The fourth-order valence-corrected chi connectivity index (χ4v) is 1.81. The highest BCUT2D eigenvalue weighted by Crippen LogP contribution is 2.24. The van der Waals surface area contributed by atoms with Crippen molar-refractivity contribution in [1.29, 1.82) is 0 Å². The first kappa shape index (κ1) is 14.3. The quantitative estimate of drug-likeness (QED) is 0.640. The maximum Gasteiger partial charge on any atom is 0.0820 e. The molecule has 0 saturated carbocycles. The second-order valence-corrected chi connectivity index (χ2v) is 4.11. The molecule has 106 valence electrons. The highest BCUT2D eigenvalue weighted by atomic mass is 16.7. The molecular weight excluding hydrogens is 256 g/mol. The molecule has 0 aliphatic rings. The van der Waals surface area contributed by atoms with E-state index in [0.29, 0.717) is 0 Å². The van der Waals surface area contributed by atoms with Gasteiger partial charge in [-0.25, -0.2) is 11.7 Å². The van der Waals surface area contributed by atoms with Crippen molar-refractivity contribution in [3.05, 3.63) is 48.5 Å². The Morgan fingerprint density at radius 1 is 0.650 bits per heavy atom. The zero-order valence-corrected chi connectivity index (χ0v) is 11.5. The van der Waals surface area contributed by atoms with E-state index in [4.69, 9.17) is 21.4 Å². The normalized spacial score (nSPS) is 10.4. The fraction of sp³-hybridized carbons (Fsp3) is 0.143. The van der Waals surface area contributed by atoms with Crippen molar-refractivity contribution < 1.29 is 9.68 Å².